The van der Waals surface area contributed by atoms with E-state index in [1.54, 1.807) is 0 Å². The normalized spacial score (nSPS) is 19.2. The third kappa shape index (κ3) is 5.45. The topological polar surface area (TPSA) is 77.1 Å². The van der Waals surface area contributed by atoms with Crippen LogP contribution in [0.25, 0.3) is 0 Å². The fourth-order valence-electron chi connectivity index (χ4n) is 4.93. The van der Waals surface area contributed by atoms with Gasteiger partial charge in [0.1, 0.15) is 0 Å². The van der Waals surface area contributed by atoms with Crippen LogP contribution in [-0.2, 0) is 4.74 Å². The van der Waals surface area contributed by atoms with Gasteiger partial charge < -0.3 is 29.7 Å². The summed E-state index contributed by atoms with van der Waals surface area (Å²) < 4.78 is 8.76. The van der Waals surface area contributed by atoms with E-state index in [9.17, 15) is 4.79 Å². The monoisotopic (exact) mass is 482 g/mol. The third-order valence-corrected chi connectivity index (χ3v) is 7.99. The summed E-state index contributed by atoms with van der Waals surface area (Å²) in [6, 6.07) is 14.0. The van der Waals surface area contributed by atoms with Gasteiger partial charge in [0, 0.05) is 49.0 Å². The highest BCUT2D eigenvalue weighted by Crippen LogP contribution is 2.54. The molecule has 182 valence electrons. The van der Waals surface area contributed by atoms with E-state index in [-0.39, 0.29) is 12.5 Å². The molecule has 7 nitrogen and oxygen atoms in total. The smallest absolute Gasteiger partial charge is 0.257 e. The zero-order valence-electron chi connectivity index (χ0n) is 19.6. The number of rotatable bonds is 8. The van der Waals surface area contributed by atoms with Crippen molar-refractivity contribution in [3.8, 4) is 0 Å². The van der Waals surface area contributed by atoms with Crippen LogP contribution in [0, 0.1) is 5.41 Å². The summed E-state index contributed by atoms with van der Waals surface area (Å²) in [6.07, 6.45) is 5.11. The second-order valence-corrected chi connectivity index (χ2v) is 10.4. The number of nitrogens with one attached hydrogen (secondary N) is 2. The van der Waals surface area contributed by atoms with Crippen LogP contribution in [0.2, 0.25) is 0 Å². The standard InChI is InChI=1S/C26H34N4O3S/c31-14-17-34-28-21-4-5-23(24(19-21)30-10-8-26(6-7-26)9-11-30)25(32)27-20-2-1-3-22(18-20)29-12-15-33-16-13-29/h1-5,18-19,28,31H,6-17H2,(H,27,32). The zero-order valence-corrected chi connectivity index (χ0v) is 20.4. The van der Waals surface area contributed by atoms with E-state index in [1.165, 1.54) is 37.6 Å². The Morgan fingerprint density at radius 3 is 2.50 bits per heavy atom. The van der Waals surface area contributed by atoms with Gasteiger partial charge in [-0.15, -0.1) is 0 Å². The summed E-state index contributed by atoms with van der Waals surface area (Å²) in [7, 11) is 0. The molecule has 0 radical (unpaired) electrons. The van der Waals surface area contributed by atoms with E-state index in [0.29, 0.717) is 16.7 Å². The van der Waals surface area contributed by atoms with E-state index in [0.717, 1.165) is 62.1 Å². The maximum atomic E-state index is 13.4. The molecule has 0 bridgehead atoms. The quantitative estimate of drug-likeness (QED) is 0.384. The van der Waals surface area contributed by atoms with Crippen molar-refractivity contribution < 1.29 is 14.6 Å². The van der Waals surface area contributed by atoms with E-state index >= 15 is 0 Å². The number of carbonyl (C=O) groups excluding carboxylic acids is 1. The van der Waals surface area contributed by atoms with Crippen LogP contribution in [0.4, 0.5) is 22.7 Å². The van der Waals surface area contributed by atoms with Crippen molar-refractivity contribution in [3.63, 3.8) is 0 Å². The van der Waals surface area contributed by atoms with Crippen LogP contribution in [-0.4, -0.2) is 62.8 Å². The van der Waals surface area contributed by atoms with Gasteiger partial charge in [0.05, 0.1) is 31.1 Å². The van der Waals surface area contributed by atoms with Crippen molar-refractivity contribution in [2.75, 3.05) is 71.6 Å². The van der Waals surface area contributed by atoms with Crippen LogP contribution in [0.5, 0.6) is 0 Å². The molecule has 3 N–H and O–H groups in total. The molecule has 3 fully saturated rings. The summed E-state index contributed by atoms with van der Waals surface area (Å²) in [5.41, 5.74) is 5.11. The number of hydrogen-bond donors (Lipinski definition) is 3. The summed E-state index contributed by atoms with van der Waals surface area (Å²) in [5.74, 6) is 0.527. The molecule has 34 heavy (non-hydrogen) atoms. The molecule has 2 saturated heterocycles. The summed E-state index contributed by atoms with van der Waals surface area (Å²) in [6.45, 7) is 5.28. The number of ether oxygens (including phenoxy) is 1. The fraction of sp³-hybridized carbons (Fsp3) is 0.500. The highest BCUT2D eigenvalue weighted by Gasteiger charge is 2.44. The van der Waals surface area contributed by atoms with E-state index in [2.05, 4.69) is 32.0 Å². The van der Waals surface area contributed by atoms with Gasteiger partial charge in [-0.25, -0.2) is 0 Å². The van der Waals surface area contributed by atoms with Crippen molar-refractivity contribution in [1.82, 2.24) is 0 Å². The van der Waals surface area contributed by atoms with Crippen LogP contribution in [0.15, 0.2) is 42.5 Å². The molecule has 5 rings (SSSR count). The van der Waals surface area contributed by atoms with Gasteiger partial charge in [-0.2, -0.15) is 0 Å². The summed E-state index contributed by atoms with van der Waals surface area (Å²) >= 11 is 1.47. The van der Waals surface area contributed by atoms with Crippen molar-refractivity contribution in [2.45, 2.75) is 25.7 Å². The number of amides is 1. The Bertz CT molecular complexity index is 997. The van der Waals surface area contributed by atoms with Crippen molar-refractivity contribution in [3.05, 3.63) is 48.0 Å². The number of piperidine rings is 1. The molecule has 2 aromatic carbocycles. The fourth-order valence-corrected chi connectivity index (χ4v) is 5.41. The molecule has 8 heteroatoms. The lowest BCUT2D eigenvalue weighted by Gasteiger charge is -2.35. The number of aliphatic hydroxyl groups excluding tert-OH is 1. The first kappa shape index (κ1) is 23.3. The number of anilines is 4. The van der Waals surface area contributed by atoms with Crippen molar-refractivity contribution >= 4 is 40.6 Å². The average Bonchev–Trinajstić information content (AvgIpc) is 3.64. The van der Waals surface area contributed by atoms with Crippen LogP contribution in [0.1, 0.15) is 36.0 Å². The van der Waals surface area contributed by atoms with Gasteiger partial charge in [-0.3, -0.25) is 4.79 Å². The van der Waals surface area contributed by atoms with E-state index in [1.807, 2.05) is 30.3 Å². The Morgan fingerprint density at radius 2 is 1.76 bits per heavy atom. The van der Waals surface area contributed by atoms with Gasteiger partial charge >= 0.3 is 0 Å². The number of hydrogen-bond acceptors (Lipinski definition) is 7. The SMILES string of the molecule is O=C(Nc1cccc(N2CCOCC2)c1)c1ccc(NSCCO)cc1N1CCC2(CC1)CC2. The van der Waals surface area contributed by atoms with E-state index < -0.39 is 0 Å². The molecule has 0 unspecified atom stereocenters. The number of benzene rings is 2. The van der Waals surface area contributed by atoms with Crippen LogP contribution in [0.3, 0.4) is 0 Å². The lowest BCUT2D eigenvalue weighted by atomic mass is 9.93. The first-order chi connectivity index (χ1) is 16.7. The minimum atomic E-state index is -0.0876. The van der Waals surface area contributed by atoms with Gasteiger partial charge in [-0.05, 0) is 67.5 Å². The van der Waals surface area contributed by atoms with Gasteiger partial charge in [0.15, 0.2) is 0 Å². The largest absolute Gasteiger partial charge is 0.395 e. The predicted molar refractivity (Wildman–Crippen MR) is 140 cm³/mol. The number of nitrogens with zero attached hydrogens (tertiary/aromatic N) is 2. The minimum absolute atomic E-state index is 0.0876. The maximum Gasteiger partial charge on any atom is 0.257 e. The van der Waals surface area contributed by atoms with Crippen molar-refractivity contribution in [2.24, 2.45) is 5.41 Å². The maximum absolute atomic E-state index is 13.4. The summed E-state index contributed by atoms with van der Waals surface area (Å²) in [5, 5.41) is 12.2. The summed E-state index contributed by atoms with van der Waals surface area (Å²) in [4.78, 5) is 18.1. The number of morpholine rings is 1. The average molecular weight is 483 g/mol. The molecular formula is C26H34N4O3S. The van der Waals surface area contributed by atoms with Crippen molar-refractivity contribution in [1.29, 1.82) is 0 Å². The minimum Gasteiger partial charge on any atom is -0.395 e. The second kappa shape index (κ2) is 10.5. The first-order valence-corrected chi connectivity index (χ1v) is 13.3. The molecule has 1 spiro atoms. The molecule has 2 heterocycles. The van der Waals surface area contributed by atoms with Gasteiger partial charge in [0.2, 0.25) is 0 Å². The third-order valence-electron chi connectivity index (χ3n) is 7.23. The Labute approximate surface area is 206 Å². The Morgan fingerprint density at radius 1 is 0.971 bits per heavy atom. The number of aliphatic hydroxyl groups is 1. The highest BCUT2D eigenvalue weighted by molar-refractivity contribution is 8.00. The molecule has 0 aromatic heterocycles. The number of carbonyl (C=O) groups is 1. The molecule has 3 aliphatic rings. The highest BCUT2D eigenvalue weighted by atomic mass is 32.2. The molecular weight excluding hydrogens is 448 g/mol. The Balaban J connectivity index is 1.34. The van der Waals surface area contributed by atoms with Gasteiger partial charge in [0.25, 0.3) is 5.91 Å². The van der Waals surface area contributed by atoms with Crippen LogP contribution >= 0.6 is 11.9 Å². The second-order valence-electron chi connectivity index (χ2n) is 9.50. The van der Waals surface area contributed by atoms with Crippen LogP contribution < -0.4 is 19.8 Å². The Kier molecular flexibility index (Phi) is 7.18. The first-order valence-electron chi connectivity index (χ1n) is 12.3. The molecule has 1 aliphatic carbocycles. The van der Waals surface area contributed by atoms with E-state index in [4.69, 9.17) is 9.84 Å². The Hall–Kier alpha value is -2.42. The molecule has 2 aromatic rings. The molecule has 2 aliphatic heterocycles. The molecule has 1 amide bonds. The zero-order chi connectivity index (χ0) is 23.4. The lowest BCUT2D eigenvalue weighted by Crippen LogP contribution is -2.36. The molecule has 1 saturated carbocycles. The van der Waals surface area contributed by atoms with Gasteiger partial charge in [-0.1, -0.05) is 18.0 Å². The molecule has 0 atom stereocenters. The predicted octanol–water partition coefficient (Wildman–Crippen LogP) is 4.21. The lowest BCUT2D eigenvalue weighted by molar-refractivity contribution is 0.102.